The first-order valence-corrected chi connectivity index (χ1v) is 10.4. The van der Waals surface area contributed by atoms with E-state index in [1.54, 1.807) is 18.2 Å². The number of hydrogen-bond donors (Lipinski definition) is 1. The predicted molar refractivity (Wildman–Crippen MR) is 116 cm³/mol. The summed E-state index contributed by atoms with van der Waals surface area (Å²) in [6, 6.07) is 9.68. The first kappa shape index (κ1) is 24.0. The van der Waals surface area contributed by atoms with Gasteiger partial charge < -0.3 is 15.0 Å². The van der Waals surface area contributed by atoms with Crippen molar-refractivity contribution in [2.75, 3.05) is 6.61 Å². The number of carbonyl (C=O) groups is 2. The average Bonchev–Trinajstić information content (AvgIpc) is 2.69. The minimum atomic E-state index is -0.689. The molecule has 1 N–H and O–H groups in total. The number of rotatable bonds is 9. The van der Waals surface area contributed by atoms with Gasteiger partial charge in [0, 0.05) is 12.6 Å². The van der Waals surface area contributed by atoms with Crippen LogP contribution in [0.3, 0.4) is 0 Å². The van der Waals surface area contributed by atoms with Gasteiger partial charge in [-0.2, -0.15) is 0 Å². The monoisotopic (exact) mass is 454 g/mol. The third kappa shape index (κ3) is 6.89. The zero-order chi connectivity index (χ0) is 22.3. The van der Waals surface area contributed by atoms with Gasteiger partial charge in [0.2, 0.25) is 5.91 Å². The minimum Gasteiger partial charge on any atom is -0.484 e. The summed E-state index contributed by atoms with van der Waals surface area (Å²) in [7, 11) is 0. The maximum atomic E-state index is 13.1. The molecule has 0 saturated carbocycles. The highest BCUT2D eigenvalue weighted by atomic mass is 35.5. The van der Waals surface area contributed by atoms with Crippen molar-refractivity contribution in [3.8, 4) is 5.75 Å². The number of nitrogens with one attached hydrogen (secondary N) is 1. The fourth-order valence-electron chi connectivity index (χ4n) is 2.89. The Bertz CT molecular complexity index is 875. The van der Waals surface area contributed by atoms with E-state index >= 15 is 0 Å². The Hall–Kier alpha value is -2.31. The number of halogens is 3. The van der Waals surface area contributed by atoms with Crippen LogP contribution in [0.25, 0.3) is 0 Å². The van der Waals surface area contributed by atoms with Crippen molar-refractivity contribution in [1.82, 2.24) is 10.2 Å². The highest BCUT2D eigenvalue weighted by molar-refractivity contribution is 6.42. The molecule has 0 aliphatic rings. The molecule has 30 heavy (non-hydrogen) atoms. The maximum absolute atomic E-state index is 13.1. The first-order valence-electron chi connectivity index (χ1n) is 9.63. The fraction of sp³-hybridized carbons (Fsp3) is 0.364. The molecule has 0 spiro atoms. The van der Waals surface area contributed by atoms with Crippen LogP contribution in [0.15, 0.2) is 42.5 Å². The predicted octanol–water partition coefficient (Wildman–Crippen LogP) is 4.84. The molecule has 0 bridgehead atoms. The third-order valence-corrected chi connectivity index (χ3v) is 5.07. The lowest BCUT2D eigenvalue weighted by atomic mass is 10.1. The Balaban J connectivity index is 2.23. The molecule has 0 aromatic heterocycles. The molecule has 1 atom stereocenters. The van der Waals surface area contributed by atoms with Gasteiger partial charge in [0.15, 0.2) is 6.61 Å². The molecule has 162 valence electrons. The molecule has 0 aliphatic heterocycles. The molecule has 0 heterocycles. The fourth-order valence-corrected chi connectivity index (χ4v) is 3.21. The Morgan fingerprint density at radius 2 is 1.77 bits per heavy atom. The Labute approximate surface area is 186 Å². The van der Waals surface area contributed by atoms with Crippen LogP contribution in [0.1, 0.15) is 32.8 Å². The van der Waals surface area contributed by atoms with E-state index in [1.807, 2.05) is 20.8 Å². The molecule has 0 aliphatic carbocycles. The van der Waals surface area contributed by atoms with Crippen LogP contribution in [0.4, 0.5) is 4.39 Å². The summed E-state index contributed by atoms with van der Waals surface area (Å²) in [5, 5.41) is 3.62. The lowest BCUT2D eigenvalue weighted by molar-refractivity contribution is -0.143. The second kappa shape index (κ2) is 11.2. The van der Waals surface area contributed by atoms with Gasteiger partial charge in [-0.15, -0.1) is 0 Å². The van der Waals surface area contributed by atoms with Crippen molar-refractivity contribution in [3.05, 3.63) is 63.9 Å². The van der Waals surface area contributed by atoms with E-state index in [0.717, 1.165) is 5.56 Å². The van der Waals surface area contributed by atoms with E-state index in [-0.39, 0.29) is 31.0 Å². The van der Waals surface area contributed by atoms with E-state index in [1.165, 1.54) is 29.2 Å². The van der Waals surface area contributed by atoms with Gasteiger partial charge in [-0.25, -0.2) is 4.39 Å². The van der Waals surface area contributed by atoms with Gasteiger partial charge in [0.05, 0.1) is 10.0 Å². The number of benzene rings is 2. The van der Waals surface area contributed by atoms with Crippen LogP contribution in [-0.2, 0) is 16.1 Å². The zero-order valence-corrected chi connectivity index (χ0v) is 18.6. The maximum Gasteiger partial charge on any atom is 0.261 e. The summed E-state index contributed by atoms with van der Waals surface area (Å²) >= 11 is 12.1. The number of carbonyl (C=O) groups excluding carboxylic acids is 2. The van der Waals surface area contributed by atoms with E-state index in [9.17, 15) is 14.0 Å². The van der Waals surface area contributed by atoms with Crippen LogP contribution in [0, 0.1) is 5.82 Å². The average molecular weight is 455 g/mol. The molecule has 2 amide bonds. The lowest BCUT2D eigenvalue weighted by Crippen LogP contribution is -2.51. The van der Waals surface area contributed by atoms with Gasteiger partial charge in [-0.05, 0) is 62.2 Å². The van der Waals surface area contributed by atoms with Crippen LogP contribution in [0.5, 0.6) is 5.75 Å². The Morgan fingerprint density at radius 1 is 1.10 bits per heavy atom. The zero-order valence-electron chi connectivity index (χ0n) is 17.1. The summed E-state index contributed by atoms with van der Waals surface area (Å²) in [6.07, 6.45) is 0.419. The largest absolute Gasteiger partial charge is 0.484 e. The van der Waals surface area contributed by atoms with Crippen molar-refractivity contribution < 1.29 is 18.7 Å². The molecule has 5 nitrogen and oxygen atoms in total. The lowest BCUT2D eigenvalue weighted by Gasteiger charge is -2.31. The quantitative estimate of drug-likeness (QED) is 0.589. The van der Waals surface area contributed by atoms with E-state index in [4.69, 9.17) is 27.9 Å². The highest BCUT2D eigenvalue weighted by Crippen LogP contribution is 2.24. The van der Waals surface area contributed by atoms with E-state index in [0.29, 0.717) is 22.2 Å². The van der Waals surface area contributed by atoms with Gasteiger partial charge in [-0.3, -0.25) is 9.59 Å². The van der Waals surface area contributed by atoms with Crippen LogP contribution < -0.4 is 10.1 Å². The molecule has 0 fully saturated rings. The minimum absolute atomic E-state index is 0.0658. The van der Waals surface area contributed by atoms with E-state index < -0.39 is 11.9 Å². The van der Waals surface area contributed by atoms with Crippen molar-refractivity contribution >= 4 is 35.0 Å². The van der Waals surface area contributed by atoms with Crippen LogP contribution >= 0.6 is 23.2 Å². The summed E-state index contributed by atoms with van der Waals surface area (Å²) in [4.78, 5) is 27.2. The first-order chi connectivity index (χ1) is 14.2. The van der Waals surface area contributed by atoms with E-state index in [2.05, 4.69) is 5.32 Å². The molecular formula is C22H25Cl2FN2O3. The number of ether oxygens (including phenoxy) is 1. The van der Waals surface area contributed by atoms with Gasteiger partial charge in [-0.1, -0.05) is 36.2 Å². The third-order valence-electron chi connectivity index (χ3n) is 4.33. The Morgan fingerprint density at radius 3 is 2.33 bits per heavy atom. The van der Waals surface area contributed by atoms with Gasteiger partial charge >= 0.3 is 0 Å². The normalized spacial score (nSPS) is 11.8. The summed E-state index contributed by atoms with van der Waals surface area (Å²) < 4.78 is 18.6. The highest BCUT2D eigenvalue weighted by Gasteiger charge is 2.29. The summed E-state index contributed by atoms with van der Waals surface area (Å²) in [6.45, 7) is 5.41. The van der Waals surface area contributed by atoms with Crippen molar-refractivity contribution in [1.29, 1.82) is 0 Å². The number of nitrogens with zero attached hydrogens (tertiary/aromatic N) is 1. The molecule has 0 radical (unpaired) electrons. The summed E-state index contributed by atoms with van der Waals surface area (Å²) in [5.74, 6) is -0.663. The summed E-state index contributed by atoms with van der Waals surface area (Å²) in [5.41, 5.74) is 0.732. The van der Waals surface area contributed by atoms with Crippen LogP contribution in [0.2, 0.25) is 10.0 Å². The van der Waals surface area contributed by atoms with Crippen molar-refractivity contribution in [2.45, 2.75) is 45.8 Å². The van der Waals surface area contributed by atoms with Crippen LogP contribution in [-0.4, -0.2) is 35.4 Å². The standard InChI is InChI=1S/C22H25Cl2FN2O3/c1-4-20(22(29)26-14(2)3)27(12-15-5-10-18(23)19(24)11-15)21(28)13-30-17-8-6-16(25)7-9-17/h5-11,14,20H,4,12-13H2,1-3H3,(H,26,29)/t20-/m1/s1. The smallest absolute Gasteiger partial charge is 0.261 e. The molecule has 0 saturated heterocycles. The van der Waals surface area contributed by atoms with Crippen molar-refractivity contribution in [3.63, 3.8) is 0 Å². The molecule has 2 aromatic carbocycles. The molecular weight excluding hydrogens is 430 g/mol. The SMILES string of the molecule is CC[C@H](C(=O)NC(C)C)N(Cc1ccc(Cl)c(Cl)c1)C(=O)COc1ccc(F)cc1. The molecule has 8 heteroatoms. The van der Waals surface area contributed by atoms with Gasteiger partial charge in [0.1, 0.15) is 17.6 Å². The number of hydrogen-bond acceptors (Lipinski definition) is 3. The molecule has 0 unspecified atom stereocenters. The Kier molecular flexibility index (Phi) is 8.93. The molecule has 2 aromatic rings. The number of amides is 2. The van der Waals surface area contributed by atoms with Crippen molar-refractivity contribution in [2.24, 2.45) is 0 Å². The van der Waals surface area contributed by atoms with Gasteiger partial charge in [0.25, 0.3) is 5.91 Å². The molecule has 2 rings (SSSR count). The second-order valence-electron chi connectivity index (χ2n) is 7.10. The second-order valence-corrected chi connectivity index (χ2v) is 7.91. The topological polar surface area (TPSA) is 58.6 Å².